The van der Waals surface area contributed by atoms with Gasteiger partial charge >= 0.3 is 6.01 Å². The van der Waals surface area contributed by atoms with E-state index >= 15 is 0 Å². The van der Waals surface area contributed by atoms with Crippen molar-refractivity contribution in [3.8, 4) is 0 Å². The number of aromatic nitrogens is 1. The maximum Gasteiger partial charge on any atom is 0.302 e. The fraction of sp³-hybridized carbons (Fsp3) is 0.294. The van der Waals surface area contributed by atoms with Gasteiger partial charge in [-0.25, -0.2) is 0 Å². The molecule has 25 heavy (non-hydrogen) atoms. The number of hydrogen-bond acceptors (Lipinski definition) is 5. The Hall–Kier alpha value is -3.16. The number of piperidine rings is 1. The molecule has 3 N–H and O–H groups in total. The summed E-state index contributed by atoms with van der Waals surface area (Å²) in [6.07, 6.45) is 2.29. The van der Waals surface area contributed by atoms with Crippen LogP contribution in [0.4, 0.5) is 6.01 Å². The van der Waals surface area contributed by atoms with Crippen molar-refractivity contribution in [3.05, 3.63) is 47.9 Å². The van der Waals surface area contributed by atoms with Crippen LogP contribution in [0.1, 0.15) is 33.7 Å². The number of likely N-dealkylation sites (tertiary alicyclic amines) is 1. The summed E-state index contributed by atoms with van der Waals surface area (Å²) in [6, 6.07) is 8.58. The van der Waals surface area contributed by atoms with Gasteiger partial charge in [0.1, 0.15) is 6.26 Å². The zero-order valence-electron chi connectivity index (χ0n) is 13.5. The maximum atomic E-state index is 12.4. The fourth-order valence-electron chi connectivity index (χ4n) is 2.72. The molecule has 2 aromatic rings. The summed E-state index contributed by atoms with van der Waals surface area (Å²) in [4.78, 5) is 41.3. The van der Waals surface area contributed by atoms with E-state index in [2.05, 4.69) is 10.3 Å². The molecule has 0 aliphatic carbocycles. The monoisotopic (exact) mass is 342 g/mol. The third-order valence-electron chi connectivity index (χ3n) is 4.16. The molecular weight excluding hydrogens is 324 g/mol. The molecule has 1 aliphatic rings. The van der Waals surface area contributed by atoms with Gasteiger partial charge < -0.3 is 15.1 Å². The molecule has 1 aromatic heterocycles. The number of amides is 3. The van der Waals surface area contributed by atoms with Gasteiger partial charge in [-0.05, 0) is 25.0 Å². The van der Waals surface area contributed by atoms with Crippen molar-refractivity contribution in [1.29, 1.82) is 0 Å². The highest BCUT2D eigenvalue weighted by atomic mass is 16.4. The number of anilines is 1. The molecule has 3 amide bonds. The molecule has 8 nitrogen and oxygen atoms in total. The van der Waals surface area contributed by atoms with Crippen LogP contribution in [-0.4, -0.2) is 40.7 Å². The van der Waals surface area contributed by atoms with Gasteiger partial charge in [0.25, 0.3) is 11.8 Å². The second kappa shape index (κ2) is 7.16. The number of nitrogens with one attached hydrogen (secondary N) is 1. The lowest BCUT2D eigenvalue weighted by molar-refractivity contribution is -0.123. The summed E-state index contributed by atoms with van der Waals surface area (Å²) >= 11 is 0. The third-order valence-corrected chi connectivity index (χ3v) is 4.16. The second-order valence-corrected chi connectivity index (χ2v) is 5.83. The highest BCUT2D eigenvalue weighted by Crippen LogP contribution is 2.19. The standard InChI is InChI=1S/C17H18N4O4/c18-14(22)11-6-8-21(9-7-11)16(24)13-10-25-17(19-13)20-15(23)12-4-2-1-3-5-12/h1-5,10-11H,6-9H2,(H2,18,22)(H,19,20,23). The quantitative estimate of drug-likeness (QED) is 0.867. The number of nitrogens with zero attached hydrogens (tertiary/aromatic N) is 2. The molecule has 8 heteroatoms. The molecular formula is C17H18N4O4. The minimum atomic E-state index is -0.372. The van der Waals surface area contributed by atoms with Gasteiger partial charge in [-0.1, -0.05) is 18.2 Å². The van der Waals surface area contributed by atoms with Gasteiger partial charge in [-0.3, -0.25) is 19.7 Å². The summed E-state index contributed by atoms with van der Waals surface area (Å²) in [5.74, 6) is -1.20. The number of primary amides is 1. The highest BCUT2D eigenvalue weighted by molar-refractivity contribution is 6.03. The van der Waals surface area contributed by atoms with Crippen LogP contribution in [0.15, 0.2) is 41.0 Å². The van der Waals surface area contributed by atoms with Crippen molar-refractivity contribution in [3.63, 3.8) is 0 Å². The first-order chi connectivity index (χ1) is 12.0. The molecule has 1 aliphatic heterocycles. The minimum Gasteiger partial charge on any atom is -0.431 e. The van der Waals surface area contributed by atoms with Gasteiger partial charge in [-0.2, -0.15) is 4.98 Å². The molecule has 2 heterocycles. The van der Waals surface area contributed by atoms with Gasteiger partial charge in [-0.15, -0.1) is 0 Å². The SMILES string of the molecule is NC(=O)C1CCN(C(=O)c2coc(NC(=O)c3ccccc3)n2)CC1. The van der Waals surface area contributed by atoms with Gasteiger partial charge in [0.15, 0.2) is 5.69 Å². The normalized spacial score (nSPS) is 15.0. The van der Waals surface area contributed by atoms with E-state index in [1.165, 1.54) is 6.26 Å². The van der Waals surface area contributed by atoms with Crippen molar-refractivity contribution in [1.82, 2.24) is 9.88 Å². The van der Waals surface area contributed by atoms with Crippen LogP contribution in [0.25, 0.3) is 0 Å². The van der Waals surface area contributed by atoms with Crippen molar-refractivity contribution in [2.45, 2.75) is 12.8 Å². The molecule has 0 saturated carbocycles. The lowest BCUT2D eigenvalue weighted by Gasteiger charge is -2.29. The Morgan fingerprint density at radius 3 is 2.48 bits per heavy atom. The summed E-state index contributed by atoms with van der Waals surface area (Å²) in [5.41, 5.74) is 5.86. The Kier molecular flexibility index (Phi) is 4.78. The van der Waals surface area contributed by atoms with E-state index in [1.807, 2.05) is 0 Å². The average molecular weight is 342 g/mol. The van der Waals surface area contributed by atoms with E-state index < -0.39 is 0 Å². The zero-order valence-corrected chi connectivity index (χ0v) is 13.5. The largest absolute Gasteiger partial charge is 0.431 e. The van der Waals surface area contributed by atoms with Crippen LogP contribution < -0.4 is 11.1 Å². The maximum absolute atomic E-state index is 12.4. The molecule has 0 spiro atoms. The number of hydrogen-bond donors (Lipinski definition) is 2. The number of rotatable bonds is 4. The minimum absolute atomic E-state index is 0.0378. The van der Waals surface area contributed by atoms with E-state index in [9.17, 15) is 14.4 Å². The van der Waals surface area contributed by atoms with E-state index in [0.29, 0.717) is 31.5 Å². The number of carbonyl (C=O) groups excluding carboxylic acids is 3. The predicted octanol–water partition coefficient (Wildman–Crippen LogP) is 1.26. The molecule has 1 aromatic carbocycles. The number of oxazole rings is 1. The Labute approximate surface area is 144 Å². The van der Waals surface area contributed by atoms with Crippen molar-refractivity contribution < 1.29 is 18.8 Å². The van der Waals surface area contributed by atoms with E-state index in [0.717, 1.165) is 0 Å². The molecule has 1 fully saturated rings. The number of benzene rings is 1. The molecule has 0 unspecified atom stereocenters. The molecule has 3 rings (SSSR count). The van der Waals surface area contributed by atoms with Gasteiger partial charge in [0, 0.05) is 24.6 Å². The molecule has 130 valence electrons. The average Bonchev–Trinajstić information content (AvgIpc) is 3.10. The Morgan fingerprint density at radius 1 is 1.16 bits per heavy atom. The molecule has 1 saturated heterocycles. The van der Waals surface area contributed by atoms with Crippen molar-refractivity contribution >= 4 is 23.7 Å². The van der Waals surface area contributed by atoms with Crippen LogP contribution in [0.3, 0.4) is 0 Å². The first kappa shape index (κ1) is 16.7. The van der Waals surface area contributed by atoms with Crippen LogP contribution >= 0.6 is 0 Å². The second-order valence-electron chi connectivity index (χ2n) is 5.83. The van der Waals surface area contributed by atoms with E-state index in [-0.39, 0.29) is 35.3 Å². The zero-order chi connectivity index (χ0) is 17.8. The molecule has 0 bridgehead atoms. The van der Waals surface area contributed by atoms with Crippen LogP contribution in [0, 0.1) is 5.92 Å². The summed E-state index contributed by atoms with van der Waals surface area (Å²) in [7, 11) is 0. The Balaban J connectivity index is 1.60. The van der Waals surface area contributed by atoms with Gasteiger partial charge in [0.05, 0.1) is 0 Å². The van der Waals surface area contributed by atoms with E-state index in [1.54, 1.807) is 35.2 Å². The predicted molar refractivity (Wildman–Crippen MR) is 88.7 cm³/mol. The number of nitrogens with two attached hydrogens (primary N) is 1. The third kappa shape index (κ3) is 3.85. The van der Waals surface area contributed by atoms with Crippen molar-refractivity contribution in [2.24, 2.45) is 11.7 Å². The van der Waals surface area contributed by atoms with Crippen LogP contribution in [-0.2, 0) is 4.79 Å². The Bertz CT molecular complexity index is 779. The summed E-state index contributed by atoms with van der Waals surface area (Å²) < 4.78 is 5.16. The van der Waals surface area contributed by atoms with Gasteiger partial charge in [0.2, 0.25) is 5.91 Å². The summed E-state index contributed by atoms with van der Waals surface area (Å²) in [6.45, 7) is 0.871. The highest BCUT2D eigenvalue weighted by Gasteiger charge is 2.28. The first-order valence-electron chi connectivity index (χ1n) is 7.95. The lowest BCUT2D eigenvalue weighted by atomic mass is 9.96. The fourth-order valence-corrected chi connectivity index (χ4v) is 2.72. The smallest absolute Gasteiger partial charge is 0.302 e. The topological polar surface area (TPSA) is 119 Å². The van der Waals surface area contributed by atoms with Crippen molar-refractivity contribution in [2.75, 3.05) is 18.4 Å². The summed E-state index contributed by atoms with van der Waals surface area (Å²) in [5, 5.41) is 2.51. The van der Waals surface area contributed by atoms with E-state index in [4.69, 9.17) is 10.2 Å². The molecule has 0 radical (unpaired) electrons. The Morgan fingerprint density at radius 2 is 1.84 bits per heavy atom. The van der Waals surface area contributed by atoms with Crippen LogP contribution in [0.5, 0.6) is 0 Å². The molecule has 0 atom stereocenters. The first-order valence-corrected chi connectivity index (χ1v) is 7.95. The van der Waals surface area contributed by atoms with Crippen LogP contribution in [0.2, 0.25) is 0 Å². The number of carbonyl (C=O) groups is 3. The lowest BCUT2D eigenvalue weighted by Crippen LogP contribution is -2.41.